The third kappa shape index (κ3) is 2.48. The van der Waals surface area contributed by atoms with Gasteiger partial charge in [0.05, 0.1) is 0 Å². The van der Waals surface area contributed by atoms with Crippen molar-refractivity contribution in [3.8, 4) is 0 Å². The third-order valence-corrected chi connectivity index (χ3v) is 2.36. The van der Waals surface area contributed by atoms with Crippen LogP contribution in [-0.4, -0.2) is 9.13 Å². The zero-order chi connectivity index (χ0) is 11.4. The van der Waals surface area contributed by atoms with Gasteiger partial charge in [0.1, 0.15) is 0 Å². The van der Waals surface area contributed by atoms with Gasteiger partial charge in [0.25, 0.3) is 5.56 Å². The Balaban J connectivity index is 2.08. The van der Waals surface area contributed by atoms with Crippen LogP contribution in [0.4, 0.5) is 0 Å². The zero-order valence-corrected chi connectivity index (χ0v) is 8.74. The molecule has 2 aromatic heterocycles. The molecular formula is C12H12N2O2. The number of nitrogens with zero attached hydrogens (tertiary/aromatic N) is 2. The van der Waals surface area contributed by atoms with Gasteiger partial charge in [-0.2, -0.15) is 0 Å². The predicted molar refractivity (Wildman–Crippen MR) is 61.4 cm³/mol. The lowest BCUT2D eigenvalue weighted by atomic mass is 10.4. The molecule has 0 aliphatic carbocycles. The zero-order valence-electron chi connectivity index (χ0n) is 8.74. The molecule has 0 aromatic carbocycles. The van der Waals surface area contributed by atoms with Crippen molar-refractivity contribution in [1.82, 2.24) is 9.13 Å². The summed E-state index contributed by atoms with van der Waals surface area (Å²) in [5.41, 5.74) is -0.0170. The lowest BCUT2D eigenvalue weighted by molar-refractivity contribution is 0.562. The van der Waals surface area contributed by atoms with Crippen LogP contribution in [0, 0.1) is 0 Å². The lowest BCUT2D eigenvalue weighted by Gasteiger charge is -2.07. The molecule has 0 aliphatic rings. The standard InChI is InChI=1S/C12H12N2O2/c15-11-4-7-13(8-5-11)9-10-14-6-2-1-3-12(14)16/h1-8H,9-10H2. The Labute approximate surface area is 92.4 Å². The highest BCUT2D eigenvalue weighted by atomic mass is 16.1. The maximum Gasteiger partial charge on any atom is 0.250 e. The molecule has 2 heterocycles. The second-order valence-corrected chi connectivity index (χ2v) is 3.50. The maximum atomic E-state index is 11.4. The van der Waals surface area contributed by atoms with Gasteiger partial charge in [-0.05, 0) is 6.07 Å². The minimum absolute atomic E-state index is 0.00636. The molecule has 0 unspecified atom stereocenters. The maximum absolute atomic E-state index is 11.4. The van der Waals surface area contributed by atoms with E-state index in [0.717, 1.165) is 0 Å². The van der Waals surface area contributed by atoms with E-state index in [1.54, 1.807) is 29.2 Å². The number of hydrogen-bond donors (Lipinski definition) is 0. The monoisotopic (exact) mass is 216 g/mol. The molecule has 0 saturated carbocycles. The first-order valence-corrected chi connectivity index (χ1v) is 5.07. The van der Waals surface area contributed by atoms with Crippen LogP contribution in [0.1, 0.15) is 0 Å². The fraction of sp³-hybridized carbons (Fsp3) is 0.167. The van der Waals surface area contributed by atoms with Gasteiger partial charge in [-0.25, -0.2) is 0 Å². The van der Waals surface area contributed by atoms with E-state index in [-0.39, 0.29) is 11.0 Å². The minimum atomic E-state index is -0.0106. The third-order valence-electron chi connectivity index (χ3n) is 2.36. The van der Waals surface area contributed by atoms with Gasteiger partial charge in [0.15, 0.2) is 5.43 Å². The molecule has 0 bridgehead atoms. The van der Waals surface area contributed by atoms with Crippen LogP contribution in [0.5, 0.6) is 0 Å². The van der Waals surface area contributed by atoms with Gasteiger partial charge < -0.3 is 9.13 Å². The number of aromatic nitrogens is 2. The summed E-state index contributed by atoms with van der Waals surface area (Å²) in [6, 6.07) is 8.10. The van der Waals surface area contributed by atoms with E-state index in [1.165, 1.54) is 18.2 Å². The van der Waals surface area contributed by atoms with Gasteiger partial charge in [-0.15, -0.1) is 0 Å². The van der Waals surface area contributed by atoms with E-state index < -0.39 is 0 Å². The van der Waals surface area contributed by atoms with Crippen LogP contribution >= 0.6 is 0 Å². The fourth-order valence-electron chi connectivity index (χ4n) is 1.46. The van der Waals surface area contributed by atoms with Crippen molar-refractivity contribution in [2.24, 2.45) is 0 Å². The van der Waals surface area contributed by atoms with Gasteiger partial charge >= 0.3 is 0 Å². The molecule has 0 spiro atoms. The number of hydrogen-bond acceptors (Lipinski definition) is 2. The molecule has 0 atom stereocenters. The topological polar surface area (TPSA) is 44.0 Å². The highest BCUT2D eigenvalue weighted by Gasteiger charge is 1.94. The van der Waals surface area contributed by atoms with E-state index >= 15 is 0 Å². The van der Waals surface area contributed by atoms with Crippen molar-refractivity contribution in [2.75, 3.05) is 0 Å². The molecule has 0 fully saturated rings. The van der Waals surface area contributed by atoms with Gasteiger partial charge in [0, 0.05) is 49.9 Å². The number of pyridine rings is 2. The van der Waals surface area contributed by atoms with Crippen molar-refractivity contribution in [2.45, 2.75) is 13.1 Å². The summed E-state index contributed by atoms with van der Waals surface area (Å²) in [6.45, 7) is 1.27. The summed E-state index contributed by atoms with van der Waals surface area (Å²) < 4.78 is 3.51. The average Bonchev–Trinajstić information content (AvgIpc) is 2.30. The summed E-state index contributed by atoms with van der Waals surface area (Å²) >= 11 is 0. The molecule has 4 heteroatoms. The van der Waals surface area contributed by atoms with Crippen molar-refractivity contribution in [3.63, 3.8) is 0 Å². The molecule has 82 valence electrons. The molecule has 0 N–H and O–H groups in total. The Hall–Kier alpha value is -2.10. The van der Waals surface area contributed by atoms with E-state index in [2.05, 4.69) is 0 Å². The van der Waals surface area contributed by atoms with Gasteiger partial charge in [-0.1, -0.05) is 6.07 Å². The number of aryl methyl sites for hydroxylation is 2. The summed E-state index contributed by atoms with van der Waals surface area (Å²) in [5, 5.41) is 0. The second kappa shape index (κ2) is 4.61. The Kier molecular flexibility index (Phi) is 3.00. The Morgan fingerprint density at radius 2 is 1.62 bits per heavy atom. The second-order valence-electron chi connectivity index (χ2n) is 3.50. The Morgan fingerprint density at radius 1 is 0.875 bits per heavy atom. The highest BCUT2D eigenvalue weighted by molar-refractivity contribution is 4.95. The molecule has 0 radical (unpaired) electrons. The number of rotatable bonds is 3. The minimum Gasteiger partial charge on any atom is -0.352 e. The molecular weight excluding hydrogens is 204 g/mol. The summed E-state index contributed by atoms with van der Waals surface area (Å²) in [6.07, 6.45) is 5.19. The molecule has 0 aliphatic heterocycles. The van der Waals surface area contributed by atoms with Crippen LogP contribution in [-0.2, 0) is 13.1 Å². The summed E-state index contributed by atoms with van der Waals surface area (Å²) in [7, 11) is 0. The molecule has 16 heavy (non-hydrogen) atoms. The highest BCUT2D eigenvalue weighted by Crippen LogP contribution is 1.88. The van der Waals surface area contributed by atoms with Gasteiger partial charge in [-0.3, -0.25) is 9.59 Å². The van der Waals surface area contributed by atoms with Crippen LogP contribution in [0.15, 0.2) is 58.5 Å². The molecule has 0 amide bonds. The van der Waals surface area contributed by atoms with Gasteiger partial charge in [0.2, 0.25) is 0 Å². The largest absolute Gasteiger partial charge is 0.352 e. The normalized spacial score (nSPS) is 10.2. The first kappa shape index (κ1) is 10.4. The first-order chi connectivity index (χ1) is 7.75. The van der Waals surface area contributed by atoms with Crippen molar-refractivity contribution >= 4 is 0 Å². The molecule has 2 rings (SSSR count). The van der Waals surface area contributed by atoms with E-state index in [4.69, 9.17) is 0 Å². The average molecular weight is 216 g/mol. The quantitative estimate of drug-likeness (QED) is 0.758. The molecule has 2 aromatic rings. The first-order valence-electron chi connectivity index (χ1n) is 5.07. The summed E-state index contributed by atoms with van der Waals surface area (Å²) in [4.78, 5) is 22.3. The van der Waals surface area contributed by atoms with Crippen molar-refractivity contribution in [1.29, 1.82) is 0 Å². The van der Waals surface area contributed by atoms with E-state index in [1.807, 2.05) is 10.6 Å². The smallest absolute Gasteiger partial charge is 0.250 e. The Bertz CT molecular complexity index is 563. The SMILES string of the molecule is O=c1ccn(CCn2ccccc2=O)cc1. The Morgan fingerprint density at radius 3 is 2.31 bits per heavy atom. The lowest BCUT2D eigenvalue weighted by Crippen LogP contribution is -2.20. The van der Waals surface area contributed by atoms with Crippen molar-refractivity contribution < 1.29 is 0 Å². The van der Waals surface area contributed by atoms with E-state index in [9.17, 15) is 9.59 Å². The summed E-state index contributed by atoms with van der Waals surface area (Å²) in [5.74, 6) is 0. The van der Waals surface area contributed by atoms with E-state index in [0.29, 0.717) is 13.1 Å². The molecule has 0 saturated heterocycles. The molecule has 4 nitrogen and oxygen atoms in total. The fourth-order valence-corrected chi connectivity index (χ4v) is 1.46. The van der Waals surface area contributed by atoms with Crippen LogP contribution in [0.25, 0.3) is 0 Å². The predicted octanol–water partition coefficient (Wildman–Crippen LogP) is 0.710. The van der Waals surface area contributed by atoms with Crippen molar-refractivity contribution in [3.05, 3.63) is 69.5 Å². The van der Waals surface area contributed by atoms with Crippen LogP contribution < -0.4 is 11.0 Å². The van der Waals surface area contributed by atoms with Crippen LogP contribution in [0.2, 0.25) is 0 Å². The van der Waals surface area contributed by atoms with Crippen LogP contribution in [0.3, 0.4) is 0 Å².